The van der Waals surface area contributed by atoms with Gasteiger partial charge in [0.25, 0.3) is 0 Å². The Labute approximate surface area is 192 Å². The lowest BCUT2D eigenvalue weighted by molar-refractivity contribution is -0.152. The number of allylic oxidation sites excluding steroid dienone is 6. The predicted octanol–water partition coefficient (Wildman–Crippen LogP) is 8.01. The van der Waals surface area contributed by atoms with Crippen LogP contribution in [0.3, 0.4) is 0 Å². The Morgan fingerprint density at radius 2 is 1.32 bits per heavy atom. The van der Waals surface area contributed by atoms with E-state index in [4.69, 9.17) is 4.74 Å². The van der Waals surface area contributed by atoms with E-state index in [2.05, 4.69) is 46.8 Å². The Morgan fingerprint density at radius 1 is 0.806 bits per heavy atom. The van der Waals surface area contributed by atoms with Crippen molar-refractivity contribution in [3.05, 3.63) is 34.9 Å². The smallest absolute Gasteiger partial charge is 0.316 e. The molecule has 0 N–H and O–H groups in total. The van der Waals surface area contributed by atoms with Crippen molar-refractivity contribution in [2.24, 2.45) is 17.8 Å². The topological polar surface area (TPSA) is 43.4 Å². The van der Waals surface area contributed by atoms with Crippen LogP contribution >= 0.6 is 0 Å². The maximum atomic E-state index is 12.4. The van der Waals surface area contributed by atoms with Gasteiger partial charge in [-0.1, -0.05) is 69.1 Å². The van der Waals surface area contributed by atoms with Crippen LogP contribution in [0, 0.1) is 17.8 Å². The second-order valence-corrected chi connectivity index (χ2v) is 9.61. The van der Waals surface area contributed by atoms with Gasteiger partial charge in [0.05, 0.1) is 6.61 Å². The molecule has 31 heavy (non-hydrogen) atoms. The van der Waals surface area contributed by atoms with Gasteiger partial charge < -0.3 is 4.74 Å². The minimum absolute atomic E-state index is 0.0363. The molecule has 1 atom stereocenters. The summed E-state index contributed by atoms with van der Waals surface area (Å²) in [6, 6.07) is 0. The first-order valence-corrected chi connectivity index (χ1v) is 12.3. The van der Waals surface area contributed by atoms with Crippen molar-refractivity contribution >= 4 is 11.8 Å². The van der Waals surface area contributed by atoms with Crippen molar-refractivity contribution in [2.45, 2.75) is 107 Å². The maximum Gasteiger partial charge on any atom is 0.316 e. The Balaban J connectivity index is 4.48. The van der Waals surface area contributed by atoms with Crippen LogP contribution in [0.25, 0.3) is 0 Å². The highest BCUT2D eigenvalue weighted by Crippen LogP contribution is 2.18. The molecule has 0 aromatic carbocycles. The summed E-state index contributed by atoms with van der Waals surface area (Å²) >= 11 is 0. The molecule has 0 spiro atoms. The lowest BCUT2D eigenvalue weighted by Gasteiger charge is -2.15. The third-order valence-corrected chi connectivity index (χ3v) is 5.60. The van der Waals surface area contributed by atoms with Gasteiger partial charge >= 0.3 is 5.97 Å². The number of carbonyl (C=O) groups is 2. The van der Waals surface area contributed by atoms with E-state index < -0.39 is 11.9 Å². The summed E-state index contributed by atoms with van der Waals surface area (Å²) in [5.41, 5.74) is 4.16. The summed E-state index contributed by atoms with van der Waals surface area (Å²) in [5.74, 6) is -0.481. The number of esters is 1. The Bertz CT molecular complexity index is 620. The second-order valence-electron chi connectivity index (χ2n) is 9.61. The molecule has 3 heteroatoms. The molecule has 0 saturated carbocycles. The van der Waals surface area contributed by atoms with E-state index in [9.17, 15) is 9.59 Å². The Hall–Kier alpha value is -1.64. The molecule has 0 bridgehead atoms. The minimum Gasteiger partial charge on any atom is -0.465 e. The zero-order valence-electron chi connectivity index (χ0n) is 21.6. The Kier molecular flexibility index (Phi) is 16.1. The molecule has 0 heterocycles. The predicted molar refractivity (Wildman–Crippen MR) is 133 cm³/mol. The monoisotopic (exact) mass is 432 g/mol. The van der Waals surface area contributed by atoms with Gasteiger partial charge in [0.1, 0.15) is 11.7 Å². The average molecular weight is 433 g/mol. The van der Waals surface area contributed by atoms with E-state index in [-0.39, 0.29) is 11.7 Å². The number of carbonyl (C=O) groups excluding carboxylic acids is 2. The molecular formula is C28H48O3. The zero-order chi connectivity index (χ0) is 23.8. The summed E-state index contributed by atoms with van der Waals surface area (Å²) in [6.07, 6.45) is 15.2. The molecule has 3 nitrogen and oxygen atoms in total. The molecule has 1 unspecified atom stereocenters. The second kappa shape index (κ2) is 17.0. The molecule has 0 radical (unpaired) electrons. The summed E-state index contributed by atoms with van der Waals surface area (Å²) in [4.78, 5) is 24.5. The fourth-order valence-electron chi connectivity index (χ4n) is 3.48. The molecule has 0 aliphatic rings. The van der Waals surface area contributed by atoms with Crippen LogP contribution in [0.1, 0.15) is 107 Å². The van der Waals surface area contributed by atoms with Crippen molar-refractivity contribution in [3.8, 4) is 0 Å². The zero-order valence-corrected chi connectivity index (χ0v) is 21.6. The summed E-state index contributed by atoms with van der Waals surface area (Å²) in [6.45, 7) is 16.9. The van der Waals surface area contributed by atoms with Crippen LogP contribution < -0.4 is 0 Å². The van der Waals surface area contributed by atoms with Gasteiger partial charge in [-0.05, 0) is 78.6 Å². The number of ether oxygens (including phenoxy) is 1. The number of ketones is 1. The van der Waals surface area contributed by atoms with Gasteiger partial charge in [-0.3, -0.25) is 9.59 Å². The number of hydrogen-bond acceptors (Lipinski definition) is 3. The number of hydrogen-bond donors (Lipinski definition) is 0. The summed E-state index contributed by atoms with van der Waals surface area (Å²) in [7, 11) is 0. The third kappa shape index (κ3) is 14.9. The van der Waals surface area contributed by atoms with Gasteiger partial charge in [-0.25, -0.2) is 0 Å². The van der Waals surface area contributed by atoms with Crippen LogP contribution in [0.4, 0.5) is 0 Å². The third-order valence-electron chi connectivity index (χ3n) is 5.60. The molecule has 0 saturated heterocycles. The molecule has 0 fully saturated rings. The van der Waals surface area contributed by atoms with Crippen molar-refractivity contribution in [3.63, 3.8) is 0 Å². The van der Waals surface area contributed by atoms with E-state index in [0.717, 1.165) is 31.6 Å². The van der Waals surface area contributed by atoms with E-state index in [1.807, 2.05) is 19.9 Å². The fourth-order valence-corrected chi connectivity index (χ4v) is 3.48. The normalized spacial score (nSPS) is 14.3. The fraction of sp³-hybridized carbons (Fsp3) is 0.714. The first-order valence-electron chi connectivity index (χ1n) is 12.3. The number of Topliss-reactive ketones (excluding diaryl/α,β-unsaturated/α-hetero) is 1. The van der Waals surface area contributed by atoms with Crippen molar-refractivity contribution < 1.29 is 14.3 Å². The lowest BCUT2D eigenvalue weighted by atomic mass is 9.91. The van der Waals surface area contributed by atoms with E-state index in [1.54, 1.807) is 6.92 Å². The highest BCUT2D eigenvalue weighted by Gasteiger charge is 2.28. The van der Waals surface area contributed by atoms with Crippen molar-refractivity contribution in [2.75, 3.05) is 6.61 Å². The van der Waals surface area contributed by atoms with Gasteiger partial charge in [-0.2, -0.15) is 0 Å². The molecule has 0 aromatic rings. The van der Waals surface area contributed by atoms with E-state index >= 15 is 0 Å². The summed E-state index contributed by atoms with van der Waals surface area (Å²) < 4.78 is 5.10. The van der Waals surface area contributed by atoms with Crippen LogP contribution in [-0.2, 0) is 14.3 Å². The van der Waals surface area contributed by atoms with Gasteiger partial charge in [0, 0.05) is 5.92 Å². The van der Waals surface area contributed by atoms with Crippen molar-refractivity contribution in [1.82, 2.24) is 0 Å². The van der Waals surface area contributed by atoms with Gasteiger partial charge in [0.15, 0.2) is 0 Å². The van der Waals surface area contributed by atoms with Crippen molar-refractivity contribution in [1.29, 1.82) is 0 Å². The molecule has 0 rings (SSSR count). The molecular weight excluding hydrogens is 384 g/mol. The number of rotatable bonds is 16. The molecule has 0 aromatic heterocycles. The first-order chi connectivity index (χ1) is 14.6. The quantitative estimate of drug-likeness (QED) is 0.141. The molecule has 0 aliphatic carbocycles. The highest BCUT2D eigenvalue weighted by atomic mass is 16.5. The molecule has 178 valence electrons. The highest BCUT2D eigenvalue weighted by molar-refractivity contribution is 6.00. The first kappa shape index (κ1) is 29.4. The molecule has 0 aliphatic heterocycles. The van der Waals surface area contributed by atoms with Gasteiger partial charge in [-0.15, -0.1) is 0 Å². The average Bonchev–Trinajstić information content (AvgIpc) is 2.67. The van der Waals surface area contributed by atoms with Crippen LogP contribution in [0.2, 0.25) is 0 Å². The molecule has 0 amide bonds. The van der Waals surface area contributed by atoms with Crippen LogP contribution in [0.5, 0.6) is 0 Å². The maximum absolute atomic E-state index is 12.4. The largest absolute Gasteiger partial charge is 0.465 e. The SMILES string of the molecule is CCOC(=O)C(CC=C(C)CCC=C(C)CCC=C(C)CCCC(C)C)C(=O)C(C)C. The van der Waals surface area contributed by atoms with Gasteiger partial charge in [0.2, 0.25) is 0 Å². The van der Waals surface area contributed by atoms with Crippen LogP contribution in [-0.4, -0.2) is 18.4 Å². The summed E-state index contributed by atoms with van der Waals surface area (Å²) in [5, 5.41) is 0. The van der Waals surface area contributed by atoms with Crippen LogP contribution in [0.15, 0.2) is 34.9 Å². The van der Waals surface area contributed by atoms with E-state index in [0.29, 0.717) is 13.0 Å². The lowest BCUT2D eigenvalue weighted by Crippen LogP contribution is -2.29. The standard InChI is InChI=1S/C28H48O3/c1-9-31-28(30)26(27(29)22(4)5)20-19-25(8)18-12-17-24(7)16-11-15-23(6)14-10-13-21(2)3/h15,17,19,21-22,26H,9-14,16,18,20H2,1-8H3. The minimum atomic E-state index is -0.678. The Morgan fingerprint density at radius 3 is 1.81 bits per heavy atom. The van der Waals surface area contributed by atoms with E-state index in [1.165, 1.54) is 36.0 Å².